The van der Waals surface area contributed by atoms with E-state index in [9.17, 15) is 0 Å². The maximum Gasteiger partial charge on any atom is 0.140 e. The summed E-state index contributed by atoms with van der Waals surface area (Å²) in [5.74, 6) is 1.71. The van der Waals surface area contributed by atoms with Gasteiger partial charge in [0.1, 0.15) is 11.6 Å². The third kappa shape index (κ3) is 3.89. The Morgan fingerprint density at radius 3 is 1.89 bits per heavy atom. The number of para-hydroxylation sites is 4. The number of hydrogen-bond acceptors (Lipinski definition) is 2. The Balaban J connectivity index is 1.32. The lowest BCUT2D eigenvalue weighted by Crippen LogP contribution is -2.13. The molecule has 5 aromatic carbocycles. The number of pyridine rings is 1. The first-order chi connectivity index (χ1) is 22.3. The van der Waals surface area contributed by atoms with E-state index in [1.54, 1.807) is 0 Å². The summed E-state index contributed by atoms with van der Waals surface area (Å²) in [6.45, 7) is 4.31. The number of anilines is 2. The molecule has 1 aliphatic heterocycles. The molecule has 0 fully saturated rings. The van der Waals surface area contributed by atoms with E-state index in [4.69, 9.17) is 4.98 Å². The molecule has 0 radical (unpaired) electrons. The van der Waals surface area contributed by atoms with Crippen LogP contribution in [0.2, 0.25) is 0 Å². The Kier molecular flexibility index (Phi) is 5.62. The van der Waals surface area contributed by atoms with Gasteiger partial charge in [-0.25, -0.2) is 4.98 Å². The summed E-state index contributed by atoms with van der Waals surface area (Å²) in [5, 5.41) is 4.84. The minimum absolute atomic E-state index is 0.840. The van der Waals surface area contributed by atoms with Gasteiger partial charge in [-0.1, -0.05) is 97.6 Å². The van der Waals surface area contributed by atoms with Crippen LogP contribution >= 0.6 is 0 Å². The molecule has 45 heavy (non-hydrogen) atoms. The second kappa shape index (κ2) is 9.97. The SMILES string of the molecule is C=C1/C=C\C=C/N(c2cccc(-n3c4ccccc4c4cc5c(cc43)c3ccccc3n5-c3ccccc3)n2)c2ccccc21. The van der Waals surface area contributed by atoms with Crippen molar-refractivity contribution in [1.29, 1.82) is 0 Å². The van der Waals surface area contributed by atoms with Gasteiger partial charge in [-0.15, -0.1) is 0 Å². The average molecular weight is 577 g/mol. The predicted molar refractivity (Wildman–Crippen MR) is 189 cm³/mol. The Morgan fingerprint density at radius 1 is 0.489 bits per heavy atom. The number of nitrogens with zero attached hydrogens (tertiary/aromatic N) is 4. The summed E-state index contributed by atoms with van der Waals surface area (Å²) in [5.41, 5.74) is 8.89. The topological polar surface area (TPSA) is 26.0 Å². The molecule has 0 aliphatic carbocycles. The van der Waals surface area contributed by atoms with Crippen LogP contribution in [0, 0.1) is 0 Å². The fourth-order valence-electron chi connectivity index (χ4n) is 6.84. The molecular formula is C41H28N4. The molecule has 0 saturated carbocycles. The smallest absolute Gasteiger partial charge is 0.140 e. The highest BCUT2D eigenvalue weighted by Crippen LogP contribution is 2.40. The van der Waals surface area contributed by atoms with Crippen LogP contribution in [0.1, 0.15) is 5.56 Å². The van der Waals surface area contributed by atoms with E-state index in [0.29, 0.717) is 0 Å². The molecule has 0 atom stereocenters. The third-order valence-electron chi connectivity index (χ3n) is 8.83. The molecule has 0 amide bonds. The summed E-state index contributed by atoms with van der Waals surface area (Å²) >= 11 is 0. The quantitative estimate of drug-likeness (QED) is 0.209. The minimum atomic E-state index is 0.840. The number of benzene rings is 5. The molecule has 9 rings (SSSR count). The molecule has 0 unspecified atom stereocenters. The maximum absolute atomic E-state index is 5.31. The van der Waals surface area contributed by atoms with Crippen molar-refractivity contribution >= 4 is 60.7 Å². The van der Waals surface area contributed by atoms with Crippen LogP contribution in [0.4, 0.5) is 11.5 Å². The highest BCUT2D eigenvalue weighted by atomic mass is 15.2. The van der Waals surface area contributed by atoms with Gasteiger partial charge in [0.25, 0.3) is 0 Å². The van der Waals surface area contributed by atoms with Crippen LogP contribution in [-0.4, -0.2) is 14.1 Å². The monoisotopic (exact) mass is 576 g/mol. The van der Waals surface area contributed by atoms with Gasteiger partial charge in [0.2, 0.25) is 0 Å². The summed E-state index contributed by atoms with van der Waals surface area (Å²) < 4.78 is 4.68. The number of hydrogen-bond donors (Lipinski definition) is 0. The highest BCUT2D eigenvalue weighted by Gasteiger charge is 2.20. The van der Waals surface area contributed by atoms with Crippen molar-refractivity contribution in [3.8, 4) is 11.5 Å². The minimum Gasteiger partial charge on any atom is -0.309 e. The summed E-state index contributed by atoms with van der Waals surface area (Å²) in [4.78, 5) is 7.46. The molecule has 212 valence electrons. The first kappa shape index (κ1) is 25.4. The molecule has 0 bridgehead atoms. The number of allylic oxidation sites excluding steroid dienone is 4. The molecule has 8 aromatic rings. The molecule has 0 spiro atoms. The van der Waals surface area contributed by atoms with Gasteiger partial charge in [0.05, 0.1) is 27.8 Å². The van der Waals surface area contributed by atoms with Crippen LogP contribution in [0.15, 0.2) is 164 Å². The van der Waals surface area contributed by atoms with Crippen LogP contribution in [0.25, 0.3) is 60.7 Å². The summed E-state index contributed by atoms with van der Waals surface area (Å²) in [7, 11) is 0. The first-order valence-electron chi connectivity index (χ1n) is 15.2. The molecule has 4 nitrogen and oxygen atoms in total. The molecular weight excluding hydrogens is 548 g/mol. The number of aromatic nitrogens is 3. The van der Waals surface area contributed by atoms with E-state index >= 15 is 0 Å². The summed E-state index contributed by atoms with van der Waals surface area (Å²) in [6, 6.07) is 47.3. The zero-order chi connectivity index (χ0) is 29.9. The molecule has 1 aliphatic rings. The molecule has 0 N–H and O–H groups in total. The van der Waals surface area contributed by atoms with Crippen molar-refractivity contribution < 1.29 is 0 Å². The Morgan fingerprint density at radius 2 is 1.11 bits per heavy atom. The highest BCUT2D eigenvalue weighted by molar-refractivity contribution is 6.19. The van der Waals surface area contributed by atoms with E-state index in [0.717, 1.165) is 45.2 Å². The van der Waals surface area contributed by atoms with Crippen molar-refractivity contribution in [1.82, 2.24) is 14.1 Å². The lowest BCUT2D eigenvalue weighted by atomic mass is 10.0. The second-order valence-electron chi connectivity index (χ2n) is 11.4. The first-order valence-corrected chi connectivity index (χ1v) is 15.2. The zero-order valence-electron chi connectivity index (χ0n) is 24.5. The fraction of sp³-hybridized carbons (Fsp3) is 0. The Bertz CT molecular complexity index is 2510. The molecule has 4 heteroatoms. The number of rotatable bonds is 3. The van der Waals surface area contributed by atoms with Gasteiger partial charge < -0.3 is 9.47 Å². The van der Waals surface area contributed by atoms with E-state index in [1.807, 2.05) is 18.2 Å². The maximum atomic E-state index is 5.31. The van der Waals surface area contributed by atoms with E-state index in [-0.39, 0.29) is 0 Å². The molecule has 4 heterocycles. The fourth-order valence-corrected chi connectivity index (χ4v) is 6.84. The number of fused-ring (bicyclic) bond motifs is 7. The van der Waals surface area contributed by atoms with Crippen molar-refractivity contribution in [3.63, 3.8) is 0 Å². The van der Waals surface area contributed by atoms with E-state index in [1.165, 1.54) is 32.6 Å². The third-order valence-corrected chi connectivity index (χ3v) is 8.83. The van der Waals surface area contributed by atoms with Gasteiger partial charge in [-0.05, 0) is 66.2 Å². The summed E-state index contributed by atoms with van der Waals surface area (Å²) in [6.07, 6.45) is 8.18. The van der Waals surface area contributed by atoms with Crippen LogP contribution in [0.5, 0.6) is 0 Å². The molecule has 3 aromatic heterocycles. The van der Waals surface area contributed by atoms with Crippen molar-refractivity contribution in [2.75, 3.05) is 4.90 Å². The average Bonchev–Trinajstić information content (AvgIpc) is 3.59. The van der Waals surface area contributed by atoms with Gasteiger partial charge in [0.15, 0.2) is 0 Å². The second-order valence-corrected chi connectivity index (χ2v) is 11.4. The lowest BCUT2D eigenvalue weighted by molar-refractivity contribution is 1.06. The normalized spacial score (nSPS) is 14.6. The van der Waals surface area contributed by atoms with E-state index < -0.39 is 0 Å². The van der Waals surface area contributed by atoms with Gasteiger partial charge in [-0.3, -0.25) is 4.57 Å². The molecule has 0 saturated heterocycles. The van der Waals surface area contributed by atoms with Crippen LogP contribution in [-0.2, 0) is 0 Å². The Hall–Kier alpha value is -6.13. The van der Waals surface area contributed by atoms with Crippen LogP contribution in [0.3, 0.4) is 0 Å². The van der Waals surface area contributed by atoms with Gasteiger partial charge in [-0.2, -0.15) is 0 Å². The lowest BCUT2D eigenvalue weighted by Gasteiger charge is -2.24. The van der Waals surface area contributed by atoms with Gasteiger partial charge in [0, 0.05) is 39.0 Å². The predicted octanol–water partition coefficient (Wildman–Crippen LogP) is 10.5. The largest absolute Gasteiger partial charge is 0.309 e. The zero-order valence-corrected chi connectivity index (χ0v) is 24.5. The van der Waals surface area contributed by atoms with Crippen LogP contribution < -0.4 is 4.90 Å². The van der Waals surface area contributed by atoms with Crippen molar-refractivity contribution in [2.45, 2.75) is 0 Å². The van der Waals surface area contributed by atoms with E-state index in [2.05, 4.69) is 160 Å². The van der Waals surface area contributed by atoms with Crippen molar-refractivity contribution in [3.05, 3.63) is 170 Å². The Labute approximate surface area is 260 Å². The van der Waals surface area contributed by atoms with Gasteiger partial charge >= 0.3 is 0 Å². The standard InChI is InChI=1S/C41H28N4/c1-28-14-11-12-25-43(35-20-8-5-17-30(28)35)40-23-13-24-41(42-40)45-37-22-10-7-19-32(37)34-26-38-33(27-39(34)45)31-18-6-9-21-36(31)44(38)29-15-3-2-4-16-29/h2-27H,1H2/b14-11-,25-12-. The van der Waals surface area contributed by atoms with Crippen molar-refractivity contribution in [2.24, 2.45) is 0 Å².